The summed E-state index contributed by atoms with van der Waals surface area (Å²) in [6.45, 7) is 12.4. The maximum absolute atomic E-state index is 12.0. The first-order valence-electron chi connectivity index (χ1n) is 7.79. The number of esters is 1. The zero-order chi connectivity index (χ0) is 14.8. The number of rotatable bonds is 10. The first-order chi connectivity index (χ1) is 8.82. The minimum atomic E-state index is -0.151. The summed E-state index contributed by atoms with van der Waals surface area (Å²) in [7, 11) is 0. The van der Waals surface area contributed by atoms with Crippen molar-refractivity contribution in [3.63, 3.8) is 0 Å². The fourth-order valence-corrected chi connectivity index (χ4v) is 2.06. The smallest absolute Gasteiger partial charge is 0.323 e. The van der Waals surface area contributed by atoms with E-state index in [4.69, 9.17) is 4.74 Å². The molecule has 0 aromatic heterocycles. The molecule has 3 nitrogen and oxygen atoms in total. The molecule has 0 rings (SSSR count). The fraction of sp³-hybridized carbons (Fsp3) is 0.938. The number of carbonyl (C=O) groups excluding carboxylic acids is 1. The molecule has 0 aromatic carbocycles. The Kier molecular flexibility index (Phi) is 9.94. The van der Waals surface area contributed by atoms with E-state index in [2.05, 4.69) is 33.0 Å². The van der Waals surface area contributed by atoms with Gasteiger partial charge in [0.05, 0.1) is 6.10 Å². The van der Waals surface area contributed by atoms with Gasteiger partial charge in [0.2, 0.25) is 0 Å². The van der Waals surface area contributed by atoms with E-state index in [-0.39, 0.29) is 18.1 Å². The minimum Gasteiger partial charge on any atom is -0.462 e. The highest BCUT2D eigenvalue weighted by molar-refractivity contribution is 5.75. The molecule has 0 heterocycles. The first kappa shape index (κ1) is 18.4. The van der Waals surface area contributed by atoms with Gasteiger partial charge in [0, 0.05) is 6.04 Å². The minimum absolute atomic E-state index is 0.0371. The summed E-state index contributed by atoms with van der Waals surface area (Å²) in [4.78, 5) is 12.0. The quantitative estimate of drug-likeness (QED) is 0.483. The maximum atomic E-state index is 12.0. The Labute approximate surface area is 119 Å². The van der Waals surface area contributed by atoms with Crippen molar-refractivity contribution in [3.05, 3.63) is 0 Å². The highest BCUT2D eigenvalue weighted by atomic mass is 16.5. The van der Waals surface area contributed by atoms with E-state index in [9.17, 15) is 4.79 Å². The second-order valence-electron chi connectivity index (χ2n) is 6.39. The molecule has 0 saturated heterocycles. The molecule has 0 aliphatic heterocycles. The molecule has 1 atom stereocenters. The topological polar surface area (TPSA) is 38.3 Å². The van der Waals surface area contributed by atoms with Gasteiger partial charge in [-0.05, 0) is 26.2 Å². The van der Waals surface area contributed by atoms with E-state index in [1.165, 1.54) is 19.3 Å². The van der Waals surface area contributed by atoms with E-state index in [0.717, 1.165) is 18.8 Å². The average Bonchev–Trinajstić information content (AvgIpc) is 2.25. The molecule has 0 radical (unpaired) electrons. The fourth-order valence-electron chi connectivity index (χ4n) is 2.06. The molecule has 3 heteroatoms. The first-order valence-corrected chi connectivity index (χ1v) is 7.79. The van der Waals surface area contributed by atoms with Crippen LogP contribution < -0.4 is 5.32 Å². The molecule has 19 heavy (non-hydrogen) atoms. The molecule has 0 fully saturated rings. The standard InChI is InChI=1S/C16H33NO2/c1-12(2)10-8-7-9-11-15(17-13(3)4)16(18)19-14(5)6/h12-15,17H,7-11H2,1-6H3. The molecule has 0 aliphatic carbocycles. The van der Waals surface area contributed by atoms with Gasteiger partial charge in [0.1, 0.15) is 6.04 Å². The van der Waals surface area contributed by atoms with Crippen LogP contribution in [0.25, 0.3) is 0 Å². The van der Waals surface area contributed by atoms with Crippen molar-refractivity contribution in [2.75, 3.05) is 0 Å². The molecule has 1 N–H and O–H groups in total. The van der Waals surface area contributed by atoms with Crippen molar-refractivity contribution in [1.82, 2.24) is 5.32 Å². The molecule has 0 bridgehead atoms. The predicted molar refractivity (Wildman–Crippen MR) is 81.2 cm³/mol. The number of nitrogens with one attached hydrogen (secondary N) is 1. The summed E-state index contributed by atoms with van der Waals surface area (Å²) in [6.07, 6.45) is 5.66. The Morgan fingerprint density at radius 1 is 0.947 bits per heavy atom. The zero-order valence-electron chi connectivity index (χ0n) is 13.7. The van der Waals surface area contributed by atoms with Crippen LogP contribution in [0.1, 0.15) is 73.6 Å². The Bertz CT molecular complexity index is 237. The Balaban J connectivity index is 4.02. The lowest BCUT2D eigenvalue weighted by atomic mass is 10.0. The van der Waals surface area contributed by atoms with Gasteiger partial charge in [-0.25, -0.2) is 0 Å². The molecule has 1 unspecified atom stereocenters. The van der Waals surface area contributed by atoms with E-state index >= 15 is 0 Å². The highest BCUT2D eigenvalue weighted by Gasteiger charge is 2.20. The number of hydrogen-bond donors (Lipinski definition) is 1. The van der Waals surface area contributed by atoms with E-state index in [1.807, 2.05) is 13.8 Å². The monoisotopic (exact) mass is 271 g/mol. The SMILES string of the molecule is CC(C)CCCCCC(NC(C)C)C(=O)OC(C)C. The molecule has 0 saturated carbocycles. The third-order valence-corrected chi connectivity index (χ3v) is 2.95. The molecule has 0 amide bonds. The molecule has 114 valence electrons. The number of carbonyl (C=O) groups is 1. The van der Waals surface area contributed by atoms with Crippen molar-refractivity contribution in [2.24, 2.45) is 5.92 Å². The summed E-state index contributed by atoms with van der Waals surface area (Å²) in [5.74, 6) is 0.669. The highest BCUT2D eigenvalue weighted by Crippen LogP contribution is 2.12. The lowest BCUT2D eigenvalue weighted by Gasteiger charge is -2.21. The number of unbranched alkanes of at least 4 members (excludes halogenated alkanes) is 2. The molecule has 0 aliphatic rings. The normalized spacial score (nSPS) is 13.3. The number of hydrogen-bond acceptors (Lipinski definition) is 3. The van der Waals surface area contributed by atoms with Gasteiger partial charge in [0.15, 0.2) is 0 Å². The molecule has 0 spiro atoms. The lowest BCUT2D eigenvalue weighted by molar-refractivity contribution is -0.150. The van der Waals surface area contributed by atoms with Crippen LogP contribution in [0.15, 0.2) is 0 Å². The van der Waals surface area contributed by atoms with Crippen LogP contribution in [0, 0.1) is 5.92 Å². The Hall–Kier alpha value is -0.570. The summed E-state index contributed by atoms with van der Waals surface area (Å²) in [6, 6.07) is 0.154. The van der Waals surface area contributed by atoms with Gasteiger partial charge in [-0.3, -0.25) is 4.79 Å². The number of ether oxygens (including phenoxy) is 1. The van der Waals surface area contributed by atoms with Crippen LogP contribution in [-0.2, 0) is 9.53 Å². The van der Waals surface area contributed by atoms with Gasteiger partial charge in [-0.2, -0.15) is 0 Å². The van der Waals surface area contributed by atoms with Crippen molar-refractivity contribution >= 4 is 5.97 Å². The van der Waals surface area contributed by atoms with Gasteiger partial charge in [0.25, 0.3) is 0 Å². The molecular weight excluding hydrogens is 238 g/mol. The third kappa shape index (κ3) is 11.0. The van der Waals surface area contributed by atoms with Crippen LogP contribution >= 0.6 is 0 Å². The van der Waals surface area contributed by atoms with Crippen molar-refractivity contribution in [3.8, 4) is 0 Å². The second kappa shape index (κ2) is 10.2. The van der Waals surface area contributed by atoms with E-state index < -0.39 is 0 Å². The van der Waals surface area contributed by atoms with Crippen molar-refractivity contribution in [1.29, 1.82) is 0 Å². The van der Waals surface area contributed by atoms with Crippen LogP contribution in [0.2, 0.25) is 0 Å². The van der Waals surface area contributed by atoms with Crippen LogP contribution in [0.4, 0.5) is 0 Å². The van der Waals surface area contributed by atoms with Gasteiger partial charge in [-0.1, -0.05) is 53.4 Å². The summed E-state index contributed by atoms with van der Waals surface area (Å²) in [5, 5.41) is 3.31. The lowest BCUT2D eigenvalue weighted by Crippen LogP contribution is -2.42. The Morgan fingerprint density at radius 2 is 1.53 bits per heavy atom. The molecule has 0 aromatic rings. The molecular formula is C16H33NO2. The van der Waals surface area contributed by atoms with Crippen molar-refractivity contribution in [2.45, 2.75) is 91.8 Å². The van der Waals surface area contributed by atoms with Crippen molar-refractivity contribution < 1.29 is 9.53 Å². The summed E-state index contributed by atoms with van der Waals surface area (Å²) in [5.41, 5.74) is 0. The van der Waals surface area contributed by atoms with Crippen LogP contribution in [0.3, 0.4) is 0 Å². The van der Waals surface area contributed by atoms with Crippen LogP contribution in [-0.4, -0.2) is 24.2 Å². The summed E-state index contributed by atoms with van der Waals surface area (Å²) < 4.78 is 5.31. The predicted octanol–water partition coefficient (Wildman–Crippen LogP) is 3.91. The largest absolute Gasteiger partial charge is 0.462 e. The van der Waals surface area contributed by atoms with Gasteiger partial charge < -0.3 is 10.1 Å². The van der Waals surface area contributed by atoms with E-state index in [0.29, 0.717) is 6.04 Å². The maximum Gasteiger partial charge on any atom is 0.323 e. The van der Waals surface area contributed by atoms with Gasteiger partial charge in [-0.15, -0.1) is 0 Å². The third-order valence-electron chi connectivity index (χ3n) is 2.95. The van der Waals surface area contributed by atoms with Crippen LogP contribution in [0.5, 0.6) is 0 Å². The zero-order valence-corrected chi connectivity index (χ0v) is 13.7. The van der Waals surface area contributed by atoms with E-state index in [1.54, 1.807) is 0 Å². The average molecular weight is 271 g/mol. The van der Waals surface area contributed by atoms with Gasteiger partial charge >= 0.3 is 5.97 Å². The summed E-state index contributed by atoms with van der Waals surface area (Å²) >= 11 is 0. The second-order valence-corrected chi connectivity index (χ2v) is 6.39. The Morgan fingerprint density at radius 3 is 2.00 bits per heavy atom.